The molecule has 4 heteroatoms. The molecule has 1 saturated heterocycles. The lowest BCUT2D eigenvalue weighted by Gasteiger charge is -2.21. The van der Waals surface area contributed by atoms with Crippen molar-refractivity contribution in [1.82, 2.24) is 0 Å². The van der Waals surface area contributed by atoms with Gasteiger partial charge < -0.3 is 14.2 Å². The predicted molar refractivity (Wildman–Crippen MR) is 51.1 cm³/mol. The van der Waals surface area contributed by atoms with E-state index in [9.17, 15) is 4.79 Å². The molecule has 1 aliphatic rings. The summed E-state index contributed by atoms with van der Waals surface area (Å²) in [6.07, 6.45) is 1.12. The van der Waals surface area contributed by atoms with E-state index in [2.05, 4.69) is 0 Å². The molecule has 82 valence electrons. The average Bonchev–Trinajstić information content (AvgIpc) is 2.16. The second-order valence-corrected chi connectivity index (χ2v) is 3.91. The highest BCUT2D eigenvalue weighted by Gasteiger charge is 2.18. The summed E-state index contributed by atoms with van der Waals surface area (Å²) in [5.41, 5.74) is 0. The second-order valence-electron chi connectivity index (χ2n) is 3.91. The van der Waals surface area contributed by atoms with Gasteiger partial charge in [-0.1, -0.05) is 13.8 Å². The Morgan fingerprint density at radius 2 is 2.36 bits per heavy atom. The van der Waals surface area contributed by atoms with Crippen LogP contribution >= 0.6 is 0 Å². The molecule has 0 saturated carbocycles. The van der Waals surface area contributed by atoms with Crippen LogP contribution in [-0.4, -0.2) is 32.1 Å². The van der Waals surface area contributed by atoms with E-state index in [0.29, 0.717) is 19.1 Å². The molecule has 1 unspecified atom stereocenters. The molecule has 1 atom stereocenters. The van der Waals surface area contributed by atoms with Crippen molar-refractivity contribution in [2.45, 2.75) is 32.8 Å². The van der Waals surface area contributed by atoms with E-state index in [1.807, 2.05) is 13.8 Å². The van der Waals surface area contributed by atoms with Crippen molar-refractivity contribution in [3.8, 4) is 0 Å². The molecule has 0 aromatic heterocycles. The number of rotatable bonds is 3. The van der Waals surface area contributed by atoms with Crippen LogP contribution in [0.15, 0.2) is 0 Å². The van der Waals surface area contributed by atoms with Crippen molar-refractivity contribution in [3.63, 3.8) is 0 Å². The zero-order valence-electron chi connectivity index (χ0n) is 8.82. The van der Waals surface area contributed by atoms with E-state index < -0.39 is 6.16 Å². The third-order valence-corrected chi connectivity index (χ3v) is 1.92. The summed E-state index contributed by atoms with van der Waals surface area (Å²) in [4.78, 5) is 11.1. The second kappa shape index (κ2) is 5.86. The van der Waals surface area contributed by atoms with Crippen LogP contribution in [0.3, 0.4) is 0 Å². The van der Waals surface area contributed by atoms with Crippen molar-refractivity contribution in [2.24, 2.45) is 5.92 Å². The minimum Gasteiger partial charge on any atom is -0.434 e. The lowest BCUT2D eigenvalue weighted by Crippen LogP contribution is -2.28. The highest BCUT2D eigenvalue weighted by atomic mass is 16.7. The van der Waals surface area contributed by atoms with Gasteiger partial charge in [-0.25, -0.2) is 4.79 Å². The van der Waals surface area contributed by atoms with Crippen LogP contribution in [0.2, 0.25) is 0 Å². The standard InChI is InChI=1S/C10H18O4/c1-8(2)6-13-10(11)14-9-4-3-5-12-7-9/h8-9H,3-7H2,1-2H3. The van der Waals surface area contributed by atoms with Crippen molar-refractivity contribution in [3.05, 3.63) is 0 Å². The summed E-state index contributed by atoms with van der Waals surface area (Å²) < 4.78 is 15.1. The van der Waals surface area contributed by atoms with Gasteiger partial charge in [-0.05, 0) is 18.8 Å². The first kappa shape index (κ1) is 11.3. The minimum atomic E-state index is -0.575. The lowest BCUT2D eigenvalue weighted by atomic mass is 10.2. The van der Waals surface area contributed by atoms with Crippen molar-refractivity contribution >= 4 is 6.16 Å². The monoisotopic (exact) mass is 202 g/mol. The Balaban J connectivity index is 2.12. The molecule has 0 amide bonds. The van der Waals surface area contributed by atoms with Crippen molar-refractivity contribution < 1.29 is 19.0 Å². The molecule has 1 heterocycles. The summed E-state index contributed by atoms with van der Waals surface area (Å²) in [6, 6.07) is 0. The van der Waals surface area contributed by atoms with E-state index >= 15 is 0 Å². The first-order valence-corrected chi connectivity index (χ1v) is 5.09. The average molecular weight is 202 g/mol. The summed E-state index contributed by atoms with van der Waals surface area (Å²) in [5.74, 6) is 0.338. The summed E-state index contributed by atoms with van der Waals surface area (Å²) in [7, 11) is 0. The Morgan fingerprint density at radius 1 is 1.57 bits per heavy atom. The number of carbonyl (C=O) groups is 1. The predicted octanol–water partition coefficient (Wildman–Crippen LogP) is 1.97. The normalized spacial score (nSPS) is 22.1. The summed E-state index contributed by atoms with van der Waals surface area (Å²) in [5, 5.41) is 0. The van der Waals surface area contributed by atoms with Gasteiger partial charge in [0.1, 0.15) is 6.10 Å². The fraction of sp³-hybridized carbons (Fsp3) is 0.900. The maximum Gasteiger partial charge on any atom is 0.508 e. The molecule has 1 rings (SSSR count). The highest BCUT2D eigenvalue weighted by Crippen LogP contribution is 2.10. The Kier molecular flexibility index (Phi) is 4.73. The number of hydrogen-bond donors (Lipinski definition) is 0. The van der Waals surface area contributed by atoms with Gasteiger partial charge in [-0.15, -0.1) is 0 Å². The van der Waals surface area contributed by atoms with E-state index in [1.165, 1.54) is 0 Å². The quantitative estimate of drug-likeness (QED) is 0.656. The molecule has 0 bridgehead atoms. The van der Waals surface area contributed by atoms with Crippen LogP contribution < -0.4 is 0 Å². The Hall–Kier alpha value is -0.770. The smallest absolute Gasteiger partial charge is 0.434 e. The van der Waals surface area contributed by atoms with Gasteiger partial charge in [0, 0.05) is 6.61 Å². The topological polar surface area (TPSA) is 44.8 Å². The van der Waals surface area contributed by atoms with E-state index in [-0.39, 0.29) is 6.10 Å². The molecule has 4 nitrogen and oxygen atoms in total. The fourth-order valence-electron chi connectivity index (χ4n) is 1.21. The van der Waals surface area contributed by atoms with E-state index in [1.54, 1.807) is 0 Å². The maximum atomic E-state index is 11.1. The number of ether oxygens (including phenoxy) is 3. The lowest BCUT2D eigenvalue weighted by molar-refractivity contribution is -0.0445. The molecule has 0 radical (unpaired) electrons. The van der Waals surface area contributed by atoms with Gasteiger partial charge in [0.2, 0.25) is 0 Å². The zero-order valence-corrected chi connectivity index (χ0v) is 8.82. The summed E-state index contributed by atoms with van der Waals surface area (Å²) in [6.45, 7) is 5.64. The van der Waals surface area contributed by atoms with Crippen molar-refractivity contribution in [1.29, 1.82) is 0 Å². The van der Waals surface area contributed by atoms with Gasteiger partial charge in [-0.3, -0.25) is 0 Å². The fourth-order valence-corrected chi connectivity index (χ4v) is 1.21. The Morgan fingerprint density at radius 3 is 2.93 bits per heavy atom. The molecule has 0 aromatic carbocycles. The van der Waals surface area contributed by atoms with Gasteiger partial charge in [0.05, 0.1) is 13.2 Å². The molecule has 0 spiro atoms. The van der Waals surface area contributed by atoms with Crippen LogP contribution in [0, 0.1) is 5.92 Å². The highest BCUT2D eigenvalue weighted by molar-refractivity contribution is 5.60. The van der Waals surface area contributed by atoms with Crippen LogP contribution in [0.4, 0.5) is 4.79 Å². The SMILES string of the molecule is CC(C)COC(=O)OC1CCCOC1. The summed E-state index contributed by atoms with van der Waals surface area (Å²) >= 11 is 0. The molecule has 1 aliphatic heterocycles. The van der Waals surface area contributed by atoms with Crippen LogP contribution in [0.5, 0.6) is 0 Å². The van der Waals surface area contributed by atoms with Crippen molar-refractivity contribution in [2.75, 3.05) is 19.8 Å². The van der Waals surface area contributed by atoms with Gasteiger partial charge >= 0.3 is 6.16 Å². The largest absolute Gasteiger partial charge is 0.508 e. The minimum absolute atomic E-state index is 0.122. The van der Waals surface area contributed by atoms with Gasteiger partial charge in [0.25, 0.3) is 0 Å². The molecule has 0 N–H and O–H groups in total. The van der Waals surface area contributed by atoms with E-state index in [0.717, 1.165) is 19.4 Å². The first-order chi connectivity index (χ1) is 6.68. The molecule has 0 aliphatic carbocycles. The Bertz CT molecular complexity index is 173. The number of hydrogen-bond acceptors (Lipinski definition) is 4. The van der Waals surface area contributed by atoms with Crippen LogP contribution in [-0.2, 0) is 14.2 Å². The first-order valence-electron chi connectivity index (χ1n) is 5.09. The molecular formula is C10H18O4. The maximum absolute atomic E-state index is 11.1. The molecule has 14 heavy (non-hydrogen) atoms. The molecule has 0 aromatic rings. The molecular weight excluding hydrogens is 184 g/mol. The van der Waals surface area contributed by atoms with Crippen LogP contribution in [0.1, 0.15) is 26.7 Å². The van der Waals surface area contributed by atoms with E-state index in [4.69, 9.17) is 14.2 Å². The number of carbonyl (C=O) groups excluding carboxylic acids is 1. The third-order valence-electron chi connectivity index (χ3n) is 1.92. The molecule has 1 fully saturated rings. The van der Waals surface area contributed by atoms with Crippen LogP contribution in [0.25, 0.3) is 0 Å². The Labute approximate surface area is 84.5 Å². The third kappa shape index (κ3) is 4.46. The van der Waals surface area contributed by atoms with Gasteiger partial charge in [-0.2, -0.15) is 0 Å². The zero-order chi connectivity index (χ0) is 10.4. The van der Waals surface area contributed by atoms with Gasteiger partial charge in [0.15, 0.2) is 0 Å².